The van der Waals surface area contributed by atoms with Gasteiger partial charge in [-0.3, -0.25) is 0 Å². The van der Waals surface area contributed by atoms with Crippen LogP contribution in [-0.4, -0.2) is 4.98 Å². The quantitative estimate of drug-likeness (QED) is 0.670. The molecule has 0 aliphatic carbocycles. The number of nitrogens with zero attached hydrogens (tertiary/aromatic N) is 2. The van der Waals surface area contributed by atoms with Crippen molar-refractivity contribution in [1.82, 2.24) is 4.98 Å². The van der Waals surface area contributed by atoms with Crippen molar-refractivity contribution in [3.05, 3.63) is 53.1 Å². The lowest BCUT2D eigenvalue weighted by molar-refractivity contribution is 0.619. The lowest BCUT2D eigenvalue weighted by Gasteiger charge is -2.04. The molecule has 2 aromatic carbocycles. The zero-order valence-corrected chi connectivity index (χ0v) is 12.3. The Bertz CT molecular complexity index is 815. The van der Waals surface area contributed by atoms with Crippen LogP contribution < -0.4 is 0 Å². The van der Waals surface area contributed by atoms with Gasteiger partial charge in [0.15, 0.2) is 5.58 Å². The lowest BCUT2D eigenvalue weighted by atomic mass is 9.98. The first kappa shape index (κ1) is 13.7. The number of halogens is 1. The van der Waals surface area contributed by atoms with Gasteiger partial charge in [0.2, 0.25) is 5.89 Å². The molecule has 0 fully saturated rings. The molecule has 0 saturated carbocycles. The Kier molecular flexibility index (Phi) is 3.64. The molecular formula is C17H13ClN2O. The smallest absolute Gasteiger partial charge is 0.227 e. The van der Waals surface area contributed by atoms with Gasteiger partial charge in [-0.15, -0.1) is 0 Å². The van der Waals surface area contributed by atoms with Crippen molar-refractivity contribution in [1.29, 1.82) is 5.26 Å². The van der Waals surface area contributed by atoms with Gasteiger partial charge in [-0.25, -0.2) is 4.98 Å². The van der Waals surface area contributed by atoms with Gasteiger partial charge in [0, 0.05) is 10.6 Å². The molecule has 3 nitrogen and oxygen atoms in total. The number of benzene rings is 2. The monoisotopic (exact) mass is 296 g/mol. The SMILES string of the molecule is CCC(C#N)c1ccc2oc(-c3ccc(Cl)cc3)nc2c1. The van der Waals surface area contributed by atoms with E-state index in [2.05, 4.69) is 11.1 Å². The average Bonchev–Trinajstić information content (AvgIpc) is 2.92. The number of hydrogen-bond acceptors (Lipinski definition) is 3. The second-order valence-corrected chi connectivity index (χ2v) is 5.28. The van der Waals surface area contributed by atoms with Gasteiger partial charge in [0.1, 0.15) is 5.52 Å². The van der Waals surface area contributed by atoms with Crippen LogP contribution in [0.25, 0.3) is 22.6 Å². The van der Waals surface area contributed by atoms with E-state index in [1.54, 1.807) is 12.1 Å². The second-order valence-electron chi connectivity index (χ2n) is 4.84. The number of oxazole rings is 1. The molecule has 1 unspecified atom stereocenters. The van der Waals surface area contributed by atoms with E-state index < -0.39 is 0 Å². The first-order valence-corrected chi connectivity index (χ1v) is 7.15. The van der Waals surface area contributed by atoms with Crippen LogP contribution in [0.1, 0.15) is 24.8 Å². The number of hydrogen-bond donors (Lipinski definition) is 0. The molecule has 0 radical (unpaired) electrons. The van der Waals surface area contributed by atoms with E-state index >= 15 is 0 Å². The fourth-order valence-electron chi connectivity index (χ4n) is 2.28. The van der Waals surface area contributed by atoms with Crippen molar-refractivity contribution in [3.8, 4) is 17.5 Å². The van der Waals surface area contributed by atoms with E-state index in [1.807, 2.05) is 37.3 Å². The Morgan fingerprint density at radius 2 is 2.00 bits per heavy atom. The van der Waals surface area contributed by atoms with Gasteiger partial charge >= 0.3 is 0 Å². The van der Waals surface area contributed by atoms with Crippen molar-refractivity contribution in [2.75, 3.05) is 0 Å². The highest BCUT2D eigenvalue weighted by Crippen LogP contribution is 2.28. The molecular weight excluding hydrogens is 284 g/mol. The van der Waals surface area contributed by atoms with Crippen molar-refractivity contribution < 1.29 is 4.42 Å². The number of nitriles is 1. The molecule has 4 heteroatoms. The molecule has 1 atom stereocenters. The summed E-state index contributed by atoms with van der Waals surface area (Å²) < 4.78 is 5.76. The molecule has 3 rings (SSSR count). The van der Waals surface area contributed by atoms with E-state index in [1.165, 1.54) is 0 Å². The third-order valence-electron chi connectivity index (χ3n) is 3.47. The topological polar surface area (TPSA) is 49.8 Å². The zero-order chi connectivity index (χ0) is 14.8. The van der Waals surface area contributed by atoms with Gasteiger partial charge in [-0.2, -0.15) is 5.26 Å². The maximum atomic E-state index is 9.15. The highest BCUT2D eigenvalue weighted by molar-refractivity contribution is 6.30. The molecule has 1 aromatic heterocycles. The van der Waals surface area contributed by atoms with Crippen molar-refractivity contribution in [2.24, 2.45) is 0 Å². The highest BCUT2D eigenvalue weighted by atomic mass is 35.5. The van der Waals surface area contributed by atoms with Gasteiger partial charge in [-0.1, -0.05) is 24.6 Å². The summed E-state index contributed by atoms with van der Waals surface area (Å²) in [4.78, 5) is 4.51. The summed E-state index contributed by atoms with van der Waals surface area (Å²) in [6.07, 6.45) is 0.782. The normalized spacial score (nSPS) is 12.2. The predicted octanol–water partition coefficient (Wildman–Crippen LogP) is 5.17. The van der Waals surface area contributed by atoms with Crippen LogP contribution in [0.15, 0.2) is 46.9 Å². The zero-order valence-electron chi connectivity index (χ0n) is 11.5. The Labute approximate surface area is 127 Å². The Morgan fingerprint density at radius 1 is 1.24 bits per heavy atom. The molecule has 0 saturated heterocycles. The minimum Gasteiger partial charge on any atom is -0.436 e. The van der Waals surface area contributed by atoms with Crippen LogP contribution in [0.3, 0.4) is 0 Å². The van der Waals surface area contributed by atoms with Crippen LogP contribution in [0.5, 0.6) is 0 Å². The summed E-state index contributed by atoms with van der Waals surface area (Å²) in [5.41, 5.74) is 3.34. The van der Waals surface area contributed by atoms with E-state index in [-0.39, 0.29) is 5.92 Å². The van der Waals surface area contributed by atoms with Gasteiger partial charge in [0.25, 0.3) is 0 Å². The number of aromatic nitrogens is 1. The van der Waals surface area contributed by atoms with Crippen LogP contribution in [0.4, 0.5) is 0 Å². The largest absolute Gasteiger partial charge is 0.436 e. The minimum atomic E-state index is -0.106. The Morgan fingerprint density at radius 3 is 2.67 bits per heavy atom. The number of rotatable bonds is 3. The highest BCUT2D eigenvalue weighted by Gasteiger charge is 2.12. The van der Waals surface area contributed by atoms with Gasteiger partial charge in [0.05, 0.1) is 12.0 Å². The third-order valence-corrected chi connectivity index (χ3v) is 3.72. The van der Waals surface area contributed by atoms with Crippen LogP contribution in [0.2, 0.25) is 5.02 Å². The average molecular weight is 297 g/mol. The summed E-state index contributed by atoms with van der Waals surface area (Å²) in [6, 6.07) is 15.4. The molecule has 21 heavy (non-hydrogen) atoms. The molecule has 0 aliphatic rings. The molecule has 0 bridgehead atoms. The fraction of sp³-hybridized carbons (Fsp3) is 0.176. The van der Waals surface area contributed by atoms with Crippen molar-refractivity contribution >= 4 is 22.7 Å². The Balaban J connectivity index is 2.04. The van der Waals surface area contributed by atoms with E-state index in [4.69, 9.17) is 21.3 Å². The second kappa shape index (κ2) is 5.59. The first-order chi connectivity index (χ1) is 10.2. The third kappa shape index (κ3) is 2.63. The molecule has 0 N–H and O–H groups in total. The standard InChI is InChI=1S/C17H13ClN2O/c1-2-11(10-19)13-5-8-16-15(9-13)20-17(21-16)12-3-6-14(18)7-4-12/h3-9,11H,2H2,1H3. The molecule has 104 valence electrons. The van der Waals surface area contributed by atoms with E-state index in [0.29, 0.717) is 10.9 Å². The van der Waals surface area contributed by atoms with Gasteiger partial charge in [-0.05, 0) is 48.4 Å². The predicted molar refractivity (Wildman–Crippen MR) is 83.1 cm³/mol. The summed E-state index contributed by atoms with van der Waals surface area (Å²) in [6.45, 7) is 2.00. The summed E-state index contributed by atoms with van der Waals surface area (Å²) >= 11 is 5.88. The van der Waals surface area contributed by atoms with Crippen LogP contribution in [0, 0.1) is 11.3 Å². The summed E-state index contributed by atoms with van der Waals surface area (Å²) in [5, 5.41) is 9.83. The maximum Gasteiger partial charge on any atom is 0.227 e. The molecule has 3 aromatic rings. The Hall–Kier alpha value is -2.31. The molecule has 0 spiro atoms. The van der Waals surface area contributed by atoms with E-state index in [0.717, 1.165) is 28.6 Å². The summed E-state index contributed by atoms with van der Waals surface area (Å²) in [5.74, 6) is 0.453. The maximum absolute atomic E-state index is 9.15. The van der Waals surface area contributed by atoms with Crippen molar-refractivity contribution in [2.45, 2.75) is 19.3 Å². The van der Waals surface area contributed by atoms with Crippen LogP contribution in [-0.2, 0) is 0 Å². The van der Waals surface area contributed by atoms with E-state index in [9.17, 15) is 0 Å². The van der Waals surface area contributed by atoms with Crippen LogP contribution >= 0.6 is 11.6 Å². The minimum absolute atomic E-state index is 0.106. The van der Waals surface area contributed by atoms with Gasteiger partial charge < -0.3 is 4.42 Å². The lowest BCUT2D eigenvalue weighted by Crippen LogP contribution is -1.92. The molecule has 0 amide bonds. The molecule has 0 aliphatic heterocycles. The summed E-state index contributed by atoms with van der Waals surface area (Å²) in [7, 11) is 0. The number of fused-ring (bicyclic) bond motifs is 1. The van der Waals surface area contributed by atoms with Crippen molar-refractivity contribution in [3.63, 3.8) is 0 Å². The fourth-order valence-corrected chi connectivity index (χ4v) is 2.40. The first-order valence-electron chi connectivity index (χ1n) is 6.77. The molecule has 1 heterocycles.